The van der Waals surface area contributed by atoms with Gasteiger partial charge in [-0.15, -0.1) is 0 Å². The van der Waals surface area contributed by atoms with E-state index in [4.69, 9.17) is 4.52 Å². The van der Waals surface area contributed by atoms with Crippen LogP contribution < -0.4 is 10.9 Å². The van der Waals surface area contributed by atoms with Crippen molar-refractivity contribution in [2.75, 3.05) is 0 Å². The number of carbonyl (C=O) groups excluding carboxylic acids is 1. The van der Waals surface area contributed by atoms with E-state index >= 15 is 0 Å². The minimum absolute atomic E-state index is 0.106. The van der Waals surface area contributed by atoms with E-state index in [2.05, 4.69) is 25.5 Å². The van der Waals surface area contributed by atoms with Gasteiger partial charge in [-0.2, -0.15) is 10.1 Å². The summed E-state index contributed by atoms with van der Waals surface area (Å²) < 4.78 is 19.2. The molecule has 30 heavy (non-hydrogen) atoms. The largest absolute Gasteiger partial charge is 0.350 e. The highest BCUT2D eigenvalue weighted by Gasteiger charge is 2.14. The summed E-state index contributed by atoms with van der Waals surface area (Å²) in [5.41, 5.74) is 1.19. The molecule has 10 heteroatoms. The molecule has 150 valence electrons. The van der Waals surface area contributed by atoms with Gasteiger partial charge in [0, 0.05) is 30.6 Å². The van der Waals surface area contributed by atoms with Crippen molar-refractivity contribution in [3.05, 3.63) is 82.7 Å². The summed E-state index contributed by atoms with van der Waals surface area (Å²) >= 11 is 0. The number of amides is 1. The Balaban J connectivity index is 1.47. The van der Waals surface area contributed by atoms with Crippen LogP contribution in [0.5, 0.6) is 0 Å². The summed E-state index contributed by atoms with van der Waals surface area (Å²) in [5.74, 6) is -0.345. The highest BCUT2D eigenvalue weighted by atomic mass is 19.1. The van der Waals surface area contributed by atoms with E-state index < -0.39 is 11.5 Å². The molecule has 0 aliphatic carbocycles. The standard InChI is InChI=1S/C20H15FN6O3/c21-15-5-3-13(4-6-15)10-23-17(28)12-27-18(29)8-7-16(25-27)20-24-19(26-30-20)14-2-1-9-22-11-14/h1-9,11H,10,12H2,(H,23,28). The van der Waals surface area contributed by atoms with Gasteiger partial charge in [-0.3, -0.25) is 14.6 Å². The Labute approximate surface area is 169 Å². The molecule has 0 aliphatic heterocycles. The summed E-state index contributed by atoms with van der Waals surface area (Å²) in [6, 6.07) is 12.0. The third-order valence-corrected chi connectivity index (χ3v) is 4.13. The first-order chi connectivity index (χ1) is 14.6. The zero-order valence-corrected chi connectivity index (χ0v) is 15.5. The Morgan fingerprint density at radius 3 is 2.73 bits per heavy atom. The maximum Gasteiger partial charge on any atom is 0.278 e. The van der Waals surface area contributed by atoms with Crippen LogP contribution >= 0.6 is 0 Å². The average molecular weight is 406 g/mol. The molecule has 1 amide bonds. The van der Waals surface area contributed by atoms with Crippen molar-refractivity contribution in [3.63, 3.8) is 0 Å². The Bertz CT molecular complexity index is 1220. The van der Waals surface area contributed by atoms with Crippen molar-refractivity contribution in [1.82, 2.24) is 30.2 Å². The molecule has 0 unspecified atom stereocenters. The lowest BCUT2D eigenvalue weighted by atomic mass is 10.2. The Morgan fingerprint density at radius 1 is 1.13 bits per heavy atom. The molecule has 0 fully saturated rings. The highest BCUT2D eigenvalue weighted by molar-refractivity contribution is 5.75. The molecule has 0 aliphatic rings. The molecule has 0 spiro atoms. The topological polar surface area (TPSA) is 116 Å². The van der Waals surface area contributed by atoms with Crippen molar-refractivity contribution in [1.29, 1.82) is 0 Å². The lowest BCUT2D eigenvalue weighted by molar-refractivity contribution is -0.122. The first kappa shape index (κ1) is 19.1. The molecule has 0 radical (unpaired) electrons. The second kappa shape index (κ2) is 8.43. The maximum absolute atomic E-state index is 12.9. The zero-order chi connectivity index (χ0) is 20.9. The van der Waals surface area contributed by atoms with Gasteiger partial charge in [0.15, 0.2) is 0 Å². The van der Waals surface area contributed by atoms with Crippen molar-refractivity contribution in [3.8, 4) is 23.0 Å². The Hall–Kier alpha value is -4.21. The fourth-order valence-electron chi connectivity index (χ4n) is 2.61. The molecule has 0 saturated heterocycles. The molecule has 0 bridgehead atoms. The number of halogens is 1. The van der Waals surface area contributed by atoms with Crippen LogP contribution in [0.1, 0.15) is 5.56 Å². The summed E-state index contributed by atoms with van der Waals surface area (Å²) in [7, 11) is 0. The number of hydrogen-bond donors (Lipinski definition) is 1. The molecule has 0 saturated carbocycles. The summed E-state index contributed by atoms with van der Waals surface area (Å²) in [5, 5.41) is 10.7. The molecule has 0 atom stereocenters. The molecule has 3 heterocycles. The lowest BCUT2D eigenvalue weighted by Crippen LogP contribution is -2.33. The van der Waals surface area contributed by atoms with Crippen LogP contribution in [-0.2, 0) is 17.9 Å². The molecular formula is C20H15FN6O3. The summed E-state index contributed by atoms with van der Waals surface area (Å²) in [4.78, 5) is 32.5. The van der Waals surface area contributed by atoms with Gasteiger partial charge in [0.2, 0.25) is 11.7 Å². The van der Waals surface area contributed by atoms with Crippen molar-refractivity contribution in [2.24, 2.45) is 0 Å². The smallest absolute Gasteiger partial charge is 0.278 e. The van der Waals surface area contributed by atoms with Crippen LogP contribution in [0.4, 0.5) is 4.39 Å². The predicted octanol–water partition coefficient (Wildman–Crippen LogP) is 1.81. The summed E-state index contributed by atoms with van der Waals surface area (Å²) in [6.07, 6.45) is 3.22. The number of pyridine rings is 1. The number of hydrogen-bond acceptors (Lipinski definition) is 7. The minimum Gasteiger partial charge on any atom is -0.350 e. The van der Waals surface area contributed by atoms with Gasteiger partial charge in [-0.1, -0.05) is 17.3 Å². The van der Waals surface area contributed by atoms with Gasteiger partial charge in [0.25, 0.3) is 11.4 Å². The van der Waals surface area contributed by atoms with Crippen LogP contribution in [-0.4, -0.2) is 30.8 Å². The average Bonchev–Trinajstić information content (AvgIpc) is 3.26. The van der Waals surface area contributed by atoms with Gasteiger partial charge in [0.1, 0.15) is 18.1 Å². The number of carbonyl (C=O) groups is 1. The van der Waals surface area contributed by atoms with Crippen LogP contribution in [0, 0.1) is 5.82 Å². The van der Waals surface area contributed by atoms with E-state index in [1.165, 1.54) is 24.3 Å². The van der Waals surface area contributed by atoms with Gasteiger partial charge < -0.3 is 9.84 Å². The van der Waals surface area contributed by atoms with E-state index in [9.17, 15) is 14.0 Å². The first-order valence-electron chi connectivity index (χ1n) is 8.92. The SMILES string of the molecule is O=C(Cn1nc(-c2nc(-c3cccnc3)no2)ccc1=O)NCc1ccc(F)cc1. The van der Waals surface area contributed by atoms with Gasteiger partial charge in [-0.05, 0) is 35.9 Å². The van der Waals surface area contributed by atoms with Crippen LogP contribution in [0.15, 0.2) is 70.2 Å². The van der Waals surface area contributed by atoms with E-state index in [1.54, 1.807) is 36.7 Å². The highest BCUT2D eigenvalue weighted by Crippen LogP contribution is 2.19. The monoisotopic (exact) mass is 406 g/mol. The van der Waals surface area contributed by atoms with Crippen LogP contribution in [0.3, 0.4) is 0 Å². The number of benzene rings is 1. The van der Waals surface area contributed by atoms with Crippen LogP contribution in [0.25, 0.3) is 23.0 Å². The van der Waals surface area contributed by atoms with Crippen molar-refractivity contribution in [2.45, 2.75) is 13.1 Å². The van der Waals surface area contributed by atoms with E-state index in [-0.39, 0.29) is 30.5 Å². The number of nitrogens with zero attached hydrogens (tertiary/aromatic N) is 5. The second-order valence-corrected chi connectivity index (χ2v) is 6.28. The second-order valence-electron chi connectivity index (χ2n) is 6.28. The predicted molar refractivity (Wildman–Crippen MR) is 103 cm³/mol. The molecular weight excluding hydrogens is 391 g/mol. The fraction of sp³-hybridized carbons (Fsp3) is 0.100. The molecule has 1 aromatic carbocycles. The molecule has 9 nitrogen and oxygen atoms in total. The molecule has 4 aromatic rings. The maximum atomic E-state index is 12.9. The Kier molecular flexibility index (Phi) is 5.37. The Morgan fingerprint density at radius 2 is 1.97 bits per heavy atom. The molecule has 1 N–H and O–H groups in total. The van der Waals surface area contributed by atoms with Crippen LogP contribution in [0.2, 0.25) is 0 Å². The first-order valence-corrected chi connectivity index (χ1v) is 8.92. The van der Waals surface area contributed by atoms with Crippen molar-refractivity contribution < 1.29 is 13.7 Å². The number of rotatable bonds is 6. The van der Waals surface area contributed by atoms with Gasteiger partial charge in [-0.25, -0.2) is 9.07 Å². The summed E-state index contributed by atoms with van der Waals surface area (Å²) in [6.45, 7) is -0.0941. The molecule has 3 aromatic heterocycles. The van der Waals surface area contributed by atoms with E-state index in [0.29, 0.717) is 11.4 Å². The fourth-order valence-corrected chi connectivity index (χ4v) is 2.61. The van der Waals surface area contributed by atoms with E-state index in [1.807, 2.05) is 0 Å². The normalized spacial score (nSPS) is 10.7. The molecule has 4 rings (SSSR count). The third kappa shape index (κ3) is 4.43. The quantitative estimate of drug-likeness (QED) is 0.519. The van der Waals surface area contributed by atoms with Gasteiger partial charge in [0.05, 0.1) is 0 Å². The van der Waals surface area contributed by atoms with Gasteiger partial charge >= 0.3 is 0 Å². The lowest BCUT2D eigenvalue weighted by Gasteiger charge is -2.07. The number of nitrogens with one attached hydrogen (secondary N) is 1. The number of aromatic nitrogens is 5. The zero-order valence-electron chi connectivity index (χ0n) is 15.5. The third-order valence-electron chi connectivity index (χ3n) is 4.13. The minimum atomic E-state index is -0.456. The van der Waals surface area contributed by atoms with E-state index in [0.717, 1.165) is 10.2 Å². The van der Waals surface area contributed by atoms with Crippen molar-refractivity contribution >= 4 is 5.91 Å².